The van der Waals surface area contributed by atoms with Crippen molar-refractivity contribution in [3.8, 4) is 0 Å². The quantitative estimate of drug-likeness (QED) is 0.865. The maximum absolute atomic E-state index is 13.2. The van der Waals surface area contributed by atoms with Crippen molar-refractivity contribution < 1.29 is 4.39 Å². The average Bonchev–Trinajstić information content (AvgIpc) is 2.37. The molecule has 0 aromatic heterocycles. The maximum atomic E-state index is 13.2. The van der Waals surface area contributed by atoms with Gasteiger partial charge in [-0.3, -0.25) is 0 Å². The number of benzene rings is 2. The predicted octanol–water partition coefficient (Wildman–Crippen LogP) is 3.93. The number of anilines is 1. The summed E-state index contributed by atoms with van der Waals surface area (Å²) in [7, 11) is 4.12. The summed E-state index contributed by atoms with van der Waals surface area (Å²) in [5.74, 6) is -0.173. The van der Waals surface area contributed by atoms with E-state index in [1.54, 1.807) is 12.1 Å². The van der Waals surface area contributed by atoms with Gasteiger partial charge in [-0.25, -0.2) is 4.39 Å². The number of nitrogens with zero attached hydrogens (tertiary/aromatic N) is 1. The normalized spacial score (nSPS) is 12.4. The molecule has 3 heteroatoms. The Labute approximate surface area is 126 Å². The topological polar surface area (TPSA) is 15.3 Å². The highest BCUT2D eigenvalue weighted by Gasteiger charge is 2.05. The van der Waals surface area contributed by atoms with Crippen molar-refractivity contribution in [3.05, 3.63) is 65.5 Å². The van der Waals surface area contributed by atoms with Crippen LogP contribution in [-0.2, 0) is 13.0 Å². The zero-order chi connectivity index (χ0) is 15.2. The first-order valence-electron chi connectivity index (χ1n) is 7.27. The van der Waals surface area contributed by atoms with E-state index in [0.717, 1.165) is 24.2 Å². The van der Waals surface area contributed by atoms with E-state index in [0.29, 0.717) is 0 Å². The van der Waals surface area contributed by atoms with Gasteiger partial charge < -0.3 is 10.2 Å². The Balaban J connectivity index is 1.97. The standard InChI is InChI=1S/C18H23FN2/c1-14(10-15-6-4-8-17(19)11-15)20-18-9-5-7-16(12-18)13-21(2)3/h4-9,11-12,14,20H,10,13H2,1-3H3. The summed E-state index contributed by atoms with van der Waals surface area (Å²) in [4.78, 5) is 2.15. The van der Waals surface area contributed by atoms with E-state index in [1.165, 1.54) is 11.6 Å². The van der Waals surface area contributed by atoms with Crippen molar-refractivity contribution in [2.75, 3.05) is 19.4 Å². The van der Waals surface area contributed by atoms with Crippen molar-refractivity contribution in [2.45, 2.75) is 25.9 Å². The minimum Gasteiger partial charge on any atom is -0.382 e. The fraction of sp³-hybridized carbons (Fsp3) is 0.333. The molecule has 0 saturated carbocycles. The second kappa shape index (κ2) is 7.23. The van der Waals surface area contributed by atoms with Gasteiger partial charge in [0.1, 0.15) is 5.82 Å². The number of hydrogen-bond donors (Lipinski definition) is 1. The Morgan fingerprint density at radius 2 is 1.76 bits per heavy atom. The molecule has 0 heterocycles. The second-order valence-electron chi connectivity index (χ2n) is 5.82. The molecule has 0 bridgehead atoms. The van der Waals surface area contributed by atoms with Crippen LogP contribution in [0.25, 0.3) is 0 Å². The van der Waals surface area contributed by atoms with Crippen molar-refractivity contribution >= 4 is 5.69 Å². The van der Waals surface area contributed by atoms with Crippen LogP contribution in [0.1, 0.15) is 18.1 Å². The highest BCUT2D eigenvalue weighted by molar-refractivity contribution is 5.46. The lowest BCUT2D eigenvalue weighted by Gasteiger charge is -2.17. The van der Waals surface area contributed by atoms with Crippen LogP contribution in [-0.4, -0.2) is 25.0 Å². The van der Waals surface area contributed by atoms with Gasteiger partial charge >= 0.3 is 0 Å². The first-order valence-corrected chi connectivity index (χ1v) is 7.27. The van der Waals surface area contributed by atoms with Gasteiger partial charge in [0, 0.05) is 18.3 Å². The molecule has 0 saturated heterocycles. The molecular weight excluding hydrogens is 263 g/mol. The van der Waals surface area contributed by atoms with Gasteiger partial charge in [-0.1, -0.05) is 24.3 Å². The lowest BCUT2D eigenvalue weighted by molar-refractivity contribution is 0.402. The minimum absolute atomic E-state index is 0.173. The highest BCUT2D eigenvalue weighted by Crippen LogP contribution is 2.15. The van der Waals surface area contributed by atoms with E-state index in [2.05, 4.69) is 55.5 Å². The molecule has 112 valence electrons. The van der Waals surface area contributed by atoms with Crippen LogP contribution in [0.15, 0.2) is 48.5 Å². The Hall–Kier alpha value is -1.87. The third-order valence-corrected chi connectivity index (χ3v) is 3.27. The molecule has 21 heavy (non-hydrogen) atoms. The molecular formula is C18H23FN2. The lowest BCUT2D eigenvalue weighted by Crippen LogP contribution is -2.18. The highest BCUT2D eigenvalue weighted by atomic mass is 19.1. The number of rotatable bonds is 6. The zero-order valence-corrected chi connectivity index (χ0v) is 12.9. The SMILES string of the molecule is CC(Cc1cccc(F)c1)Nc1cccc(CN(C)C)c1. The molecule has 2 aromatic carbocycles. The van der Waals surface area contributed by atoms with Crippen LogP contribution in [0.5, 0.6) is 0 Å². The van der Waals surface area contributed by atoms with Crippen LogP contribution < -0.4 is 5.32 Å². The van der Waals surface area contributed by atoms with E-state index >= 15 is 0 Å². The number of nitrogens with one attached hydrogen (secondary N) is 1. The van der Waals surface area contributed by atoms with Gasteiger partial charge in [0.15, 0.2) is 0 Å². The van der Waals surface area contributed by atoms with Gasteiger partial charge in [-0.2, -0.15) is 0 Å². The summed E-state index contributed by atoms with van der Waals surface area (Å²) >= 11 is 0. The Morgan fingerprint density at radius 1 is 1.05 bits per heavy atom. The Morgan fingerprint density at radius 3 is 2.48 bits per heavy atom. The second-order valence-corrected chi connectivity index (χ2v) is 5.82. The van der Waals surface area contributed by atoms with E-state index < -0.39 is 0 Å². The molecule has 0 spiro atoms. The average molecular weight is 286 g/mol. The third-order valence-electron chi connectivity index (χ3n) is 3.27. The predicted molar refractivity (Wildman–Crippen MR) is 87.0 cm³/mol. The van der Waals surface area contributed by atoms with Crippen molar-refractivity contribution in [2.24, 2.45) is 0 Å². The van der Waals surface area contributed by atoms with Gasteiger partial charge in [-0.05, 0) is 62.8 Å². The largest absolute Gasteiger partial charge is 0.382 e. The van der Waals surface area contributed by atoms with E-state index in [1.807, 2.05) is 6.07 Å². The maximum Gasteiger partial charge on any atom is 0.123 e. The molecule has 0 aliphatic heterocycles. The summed E-state index contributed by atoms with van der Waals surface area (Å²) in [5, 5.41) is 3.48. The Bertz CT molecular complexity index is 581. The molecule has 0 amide bonds. The fourth-order valence-corrected chi connectivity index (χ4v) is 2.48. The molecule has 1 atom stereocenters. The summed E-state index contributed by atoms with van der Waals surface area (Å²) in [6, 6.07) is 15.5. The smallest absolute Gasteiger partial charge is 0.123 e. The van der Waals surface area contributed by atoms with Crippen molar-refractivity contribution in [1.82, 2.24) is 4.90 Å². The third kappa shape index (κ3) is 5.20. The molecule has 2 rings (SSSR count). The first-order chi connectivity index (χ1) is 10.0. The molecule has 0 fully saturated rings. The van der Waals surface area contributed by atoms with Gasteiger partial charge in [0.2, 0.25) is 0 Å². The number of halogens is 1. The van der Waals surface area contributed by atoms with Crippen LogP contribution in [0.4, 0.5) is 10.1 Å². The number of hydrogen-bond acceptors (Lipinski definition) is 2. The van der Waals surface area contributed by atoms with Crippen LogP contribution in [0.2, 0.25) is 0 Å². The van der Waals surface area contributed by atoms with Crippen LogP contribution >= 0.6 is 0 Å². The minimum atomic E-state index is -0.173. The molecule has 0 radical (unpaired) electrons. The zero-order valence-electron chi connectivity index (χ0n) is 12.9. The van der Waals surface area contributed by atoms with Crippen LogP contribution in [0, 0.1) is 5.82 Å². The molecule has 2 aromatic rings. The van der Waals surface area contributed by atoms with E-state index in [9.17, 15) is 4.39 Å². The molecule has 0 aliphatic rings. The summed E-state index contributed by atoms with van der Waals surface area (Å²) in [6.07, 6.45) is 0.801. The summed E-state index contributed by atoms with van der Waals surface area (Å²) < 4.78 is 13.2. The molecule has 0 aliphatic carbocycles. The van der Waals surface area contributed by atoms with E-state index in [4.69, 9.17) is 0 Å². The molecule has 1 unspecified atom stereocenters. The summed E-state index contributed by atoms with van der Waals surface area (Å²) in [5.41, 5.74) is 3.40. The first kappa shape index (κ1) is 15.5. The van der Waals surface area contributed by atoms with Crippen LogP contribution in [0.3, 0.4) is 0 Å². The monoisotopic (exact) mass is 286 g/mol. The van der Waals surface area contributed by atoms with Crippen molar-refractivity contribution in [1.29, 1.82) is 0 Å². The van der Waals surface area contributed by atoms with Crippen molar-refractivity contribution in [3.63, 3.8) is 0 Å². The summed E-state index contributed by atoms with van der Waals surface area (Å²) in [6.45, 7) is 3.04. The molecule has 2 nitrogen and oxygen atoms in total. The van der Waals surface area contributed by atoms with Gasteiger partial charge in [0.05, 0.1) is 0 Å². The van der Waals surface area contributed by atoms with E-state index in [-0.39, 0.29) is 11.9 Å². The molecule has 1 N–H and O–H groups in total. The van der Waals surface area contributed by atoms with Gasteiger partial charge in [-0.15, -0.1) is 0 Å². The van der Waals surface area contributed by atoms with Gasteiger partial charge in [0.25, 0.3) is 0 Å². The fourth-order valence-electron chi connectivity index (χ4n) is 2.48. The Kier molecular flexibility index (Phi) is 5.34. The lowest BCUT2D eigenvalue weighted by atomic mass is 10.1.